The summed E-state index contributed by atoms with van der Waals surface area (Å²) in [7, 11) is 0. The van der Waals surface area contributed by atoms with E-state index >= 15 is 0 Å². The van der Waals surface area contributed by atoms with E-state index in [0.29, 0.717) is 24.1 Å². The van der Waals surface area contributed by atoms with Crippen molar-refractivity contribution < 1.29 is 19.5 Å². The van der Waals surface area contributed by atoms with Crippen molar-refractivity contribution in [3.05, 3.63) is 29.8 Å². The molecule has 1 aliphatic heterocycles. The van der Waals surface area contributed by atoms with Crippen molar-refractivity contribution in [1.29, 1.82) is 0 Å². The molecule has 2 atom stereocenters. The highest BCUT2D eigenvalue weighted by Crippen LogP contribution is 2.35. The van der Waals surface area contributed by atoms with Crippen LogP contribution in [-0.2, 0) is 9.59 Å². The molecule has 25 heavy (non-hydrogen) atoms. The van der Waals surface area contributed by atoms with E-state index in [9.17, 15) is 14.4 Å². The summed E-state index contributed by atoms with van der Waals surface area (Å²) in [6.07, 6.45) is 5.60. The van der Waals surface area contributed by atoms with E-state index in [1.54, 1.807) is 24.3 Å². The zero-order valence-electron chi connectivity index (χ0n) is 14.2. The van der Waals surface area contributed by atoms with E-state index in [4.69, 9.17) is 5.11 Å². The van der Waals surface area contributed by atoms with Crippen molar-refractivity contribution in [2.45, 2.75) is 38.5 Å². The Hall–Kier alpha value is -2.37. The van der Waals surface area contributed by atoms with Gasteiger partial charge in [0, 0.05) is 24.3 Å². The lowest BCUT2D eigenvalue weighted by Gasteiger charge is -2.31. The van der Waals surface area contributed by atoms with E-state index < -0.39 is 17.8 Å². The quantitative estimate of drug-likeness (QED) is 0.879. The molecule has 1 aliphatic carbocycles. The SMILES string of the molecule is O=C(O)C1CCC1C(=O)Nc1ccc(C(=O)N2CCCCCC2)cc1. The minimum atomic E-state index is -0.912. The van der Waals surface area contributed by atoms with E-state index in [1.807, 2.05) is 4.90 Å². The second kappa shape index (κ2) is 7.68. The maximum Gasteiger partial charge on any atom is 0.307 e. The van der Waals surface area contributed by atoms with Crippen molar-refractivity contribution in [3.8, 4) is 0 Å². The van der Waals surface area contributed by atoms with Gasteiger partial charge < -0.3 is 15.3 Å². The Balaban J connectivity index is 1.59. The number of hydrogen-bond donors (Lipinski definition) is 2. The van der Waals surface area contributed by atoms with Crippen LogP contribution >= 0.6 is 0 Å². The number of carbonyl (C=O) groups is 3. The predicted octanol–water partition coefficient (Wildman–Crippen LogP) is 2.75. The molecule has 0 aromatic heterocycles. The monoisotopic (exact) mass is 344 g/mol. The molecule has 1 saturated carbocycles. The van der Waals surface area contributed by atoms with Crippen LogP contribution in [0.5, 0.6) is 0 Å². The molecule has 1 aromatic carbocycles. The van der Waals surface area contributed by atoms with Crippen LogP contribution in [0.2, 0.25) is 0 Å². The zero-order valence-corrected chi connectivity index (χ0v) is 14.2. The van der Waals surface area contributed by atoms with Crippen LogP contribution in [0.15, 0.2) is 24.3 Å². The zero-order chi connectivity index (χ0) is 17.8. The van der Waals surface area contributed by atoms with Gasteiger partial charge in [0.05, 0.1) is 11.8 Å². The molecular weight excluding hydrogens is 320 g/mol. The van der Waals surface area contributed by atoms with Gasteiger partial charge in [0.1, 0.15) is 0 Å². The number of aliphatic carboxylic acids is 1. The molecule has 2 fully saturated rings. The van der Waals surface area contributed by atoms with Gasteiger partial charge >= 0.3 is 5.97 Å². The Bertz CT molecular complexity index is 648. The summed E-state index contributed by atoms with van der Waals surface area (Å²) < 4.78 is 0. The van der Waals surface area contributed by atoms with Crippen LogP contribution in [-0.4, -0.2) is 40.9 Å². The van der Waals surface area contributed by atoms with Gasteiger partial charge in [-0.2, -0.15) is 0 Å². The molecule has 2 unspecified atom stereocenters. The molecule has 1 heterocycles. The molecule has 0 bridgehead atoms. The predicted molar refractivity (Wildman–Crippen MR) is 93.3 cm³/mol. The number of nitrogens with one attached hydrogen (secondary N) is 1. The normalized spacial score (nSPS) is 23.3. The van der Waals surface area contributed by atoms with Crippen LogP contribution in [0.3, 0.4) is 0 Å². The second-order valence-corrected chi connectivity index (χ2v) is 6.90. The Kier molecular flexibility index (Phi) is 5.36. The summed E-state index contributed by atoms with van der Waals surface area (Å²) in [5, 5.41) is 11.8. The molecule has 6 nitrogen and oxygen atoms in total. The van der Waals surface area contributed by atoms with Gasteiger partial charge in [-0.15, -0.1) is 0 Å². The minimum Gasteiger partial charge on any atom is -0.481 e. The highest BCUT2D eigenvalue weighted by atomic mass is 16.4. The van der Waals surface area contributed by atoms with E-state index in [0.717, 1.165) is 25.9 Å². The molecule has 1 saturated heterocycles. The smallest absolute Gasteiger partial charge is 0.307 e. The van der Waals surface area contributed by atoms with Crippen molar-refractivity contribution >= 4 is 23.5 Å². The highest BCUT2D eigenvalue weighted by molar-refractivity contribution is 5.97. The minimum absolute atomic E-state index is 0.0321. The Morgan fingerprint density at radius 1 is 0.920 bits per heavy atom. The number of likely N-dealkylation sites (tertiary alicyclic amines) is 1. The fourth-order valence-electron chi connectivity index (χ4n) is 3.50. The van der Waals surface area contributed by atoms with Gasteiger partial charge in [0.2, 0.25) is 5.91 Å². The largest absolute Gasteiger partial charge is 0.481 e. The number of carboxylic acid groups (broad SMARTS) is 1. The first kappa shape index (κ1) is 17.5. The number of hydrogen-bond acceptors (Lipinski definition) is 3. The maximum atomic E-state index is 12.5. The second-order valence-electron chi connectivity index (χ2n) is 6.90. The third-order valence-electron chi connectivity index (χ3n) is 5.22. The van der Waals surface area contributed by atoms with Gasteiger partial charge in [-0.1, -0.05) is 12.8 Å². The fraction of sp³-hybridized carbons (Fsp3) is 0.526. The Labute approximate surface area is 147 Å². The molecule has 3 rings (SSSR count). The summed E-state index contributed by atoms with van der Waals surface area (Å²) >= 11 is 0. The van der Waals surface area contributed by atoms with Crippen LogP contribution in [0.1, 0.15) is 48.9 Å². The fourth-order valence-corrected chi connectivity index (χ4v) is 3.50. The number of benzene rings is 1. The number of rotatable bonds is 4. The first-order valence-electron chi connectivity index (χ1n) is 8.99. The molecule has 6 heteroatoms. The summed E-state index contributed by atoms with van der Waals surface area (Å²) in [4.78, 5) is 37.6. The van der Waals surface area contributed by atoms with Crippen LogP contribution in [0.4, 0.5) is 5.69 Å². The first-order chi connectivity index (χ1) is 12.1. The van der Waals surface area contributed by atoms with Crippen LogP contribution in [0, 0.1) is 11.8 Å². The molecule has 2 aliphatic rings. The first-order valence-corrected chi connectivity index (χ1v) is 8.99. The van der Waals surface area contributed by atoms with Crippen molar-refractivity contribution in [2.75, 3.05) is 18.4 Å². The van der Waals surface area contributed by atoms with E-state index in [-0.39, 0.29) is 11.8 Å². The maximum absolute atomic E-state index is 12.5. The third kappa shape index (κ3) is 4.00. The third-order valence-corrected chi connectivity index (χ3v) is 5.22. The number of carboxylic acids is 1. The van der Waals surface area contributed by atoms with Gasteiger partial charge in [0.15, 0.2) is 0 Å². The Morgan fingerprint density at radius 2 is 1.52 bits per heavy atom. The molecule has 2 N–H and O–H groups in total. The topological polar surface area (TPSA) is 86.7 Å². The van der Waals surface area contributed by atoms with Crippen LogP contribution < -0.4 is 5.32 Å². The molecule has 0 radical (unpaired) electrons. The number of amides is 2. The lowest BCUT2D eigenvalue weighted by Crippen LogP contribution is -2.41. The van der Waals surface area contributed by atoms with Crippen molar-refractivity contribution in [3.63, 3.8) is 0 Å². The molecule has 2 amide bonds. The molecule has 1 aromatic rings. The average Bonchev–Trinajstić information content (AvgIpc) is 2.82. The van der Waals surface area contributed by atoms with Crippen LogP contribution in [0.25, 0.3) is 0 Å². The van der Waals surface area contributed by atoms with Gasteiger partial charge in [0.25, 0.3) is 5.91 Å². The molecule has 134 valence electrons. The molecule has 0 spiro atoms. The lowest BCUT2D eigenvalue weighted by molar-refractivity contribution is -0.151. The Morgan fingerprint density at radius 3 is 2.04 bits per heavy atom. The molecular formula is C19H24N2O4. The highest BCUT2D eigenvalue weighted by Gasteiger charge is 2.41. The summed E-state index contributed by atoms with van der Waals surface area (Å²) in [6.45, 7) is 1.60. The summed E-state index contributed by atoms with van der Waals surface area (Å²) in [6, 6.07) is 6.85. The van der Waals surface area contributed by atoms with Gasteiger partial charge in [-0.05, 0) is 49.9 Å². The number of carbonyl (C=O) groups excluding carboxylic acids is 2. The number of nitrogens with zero attached hydrogens (tertiary/aromatic N) is 1. The van der Waals surface area contributed by atoms with Crippen molar-refractivity contribution in [1.82, 2.24) is 4.90 Å². The summed E-state index contributed by atoms with van der Waals surface area (Å²) in [5.74, 6) is -2.18. The average molecular weight is 344 g/mol. The standard InChI is InChI=1S/C19H24N2O4/c22-17(15-9-10-16(15)19(24)25)20-14-7-5-13(6-8-14)18(23)21-11-3-1-2-4-12-21/h5-8,15-16H,1-4,9-12H2,(H,20,22)(H,24,25). The van der Waals surface area contributed by atoms with E-state index in [2.05, 4.69) is 5.32 Å². The van der Waals surface area contributed by atoms with E-state index in [1.165, 1.54) is 12.8 Å². The van der Waals surface area contributed by atoms with Crippen molar-refractivity contribution in [2.24, 2.45) is 11.8 Å². The van der Waals surface area contributed by atoms with Gasteiger partial charge in [-0.25, -0.2) is 0 Å². The lowest BCUT2D eigenvalue weighted by atomic mass is 9.73. The van der Waals surface area contributed by atoms with Gasteiger partial charge in [-0.3, -0.25) is 14.4 Å². The summed E-state index contributed by atoms with van der Waals surface area (Å²) in [5.41, 5.74) is 1.21. The number of anilines is 1.